The molecule has 1 rings (SSSR count). The van der Waals surface area contributed by atoms with Gasteiger partial charge in [-0.3, -0.25) is 0 Å². The van der Waals surface area contributed by atoms with Crippen LogP contribution in [0.1, 0.15) is 74.1 Å². The Hall–Kier alpha value is -0.120. The van der Waals surface area contributed by atoms with E-state index in [-0.39, 0.29) is 16.9 Å². The highest BCUT2D eigenvalue weighted by Crippen LogP contribution is 2.38. The normalized spacial score (nSPS) is 27.3. The van der Waals surface area contributed by atoms with Gasteiger partial charge in [0.1, 0.15) is 0 Å². The van der Waals surface area contributed by atoms with Crippen molar-refractivity contribution in [1.29, 1.82) is 0 Å². The minimum atomic E-state index is -0.565. The number of ether oxygens (including phenoxy) is 1. The van der Waals surface area contributed by atoms with Gasteiger partial charge in [-0.15, -0.1) is 0 Å². The third-order valence-corrected chi connectivity index (χ3v) is 3.89. The van der Waals surface area contributed by atoms with Crippen LogP contribution >= 0.6 is 0 Å². The second kappa shape index (κ2) is 6.11. The zero-order valence-electron chi connectivity index (χ0n) is 13.8. The maximum Gasteiger partial charge on any atom is 0.198 e. The standard InChI is InChI=1S/C16H32O3/c1-13(15(5,6)12-14(2,3)4)18-19-16(7)10-8-9-11-17-16/h13H,8-12H2,1-7H3. The van der Waals surface area contributed by atoms with Gasteiger partial charge in [0.2, 0.25) is 0 Å². The molecule has 0 aromatic rings. The maximum atomic E-state index is 5.68. The van der Waals surface area contributed by atoms with Crippen molar-refractivity contribution in [2.75, 3.05) is 6.61 Å². The van der Waals surface area contributed by atoms with Gasteiger partial charge in [-0.25, -0.2) is 9.78 Å². The Morgan fingerprint density at radius 2 is 1.79 bits per heavy atom. The van der Waals surface area contributed by atoms with Crippen LogP contribution in [0, 0.1) is 10.8 Å². The van der Waals surface area contributed by atoms with Crippen molar-refractivity contribution in [3.05, 3.63) is 0 Å². The zero-order chi connectivity index (χ0) is 14.7. The quantitative estimate of drug-likeness (QED) is 0.536. The first-order chi connectivity index (χ1) is 8.54. The average molecular weight is 272 g/mol. The first kappa shape index (κ1) is 16.9. The molecule has 1 heterocycles. The van der Waals surface area contributed by atoms with Crippen LogP contribution in [0.4, 0.5) is 0 Å². The van der Waals surface area contributed by atoms with Crippen LogP contribution in [0.3, 0.4) is 0 Å². The first-order valence-electron chi connectivity index (χ1n) is 7.53. The lowest BCUT2D eigenvalue weighted by atomic mass is 9.73. The molecule has 1 aliphatic rings. The third kappa shape index (κ3) is 5.80. The summed E-state index contributed by atoms with van der Waals surface area (Å²) in [5, 5.41) is 0. The molecule has 0 aromatic carbocycles. The molecule has 0 aromatic heterocycles. The largest absolute Gasteiger partial charge is 0.348 e. The Morgan fingerprint density at radius 1 is 1.16 bits per heavy atom. The fraction of sp³-hybridized carbons (Fsp3) is 1.00. The van der Waals surface area contributed by atoms with Crippen molar-refractivity contribution in [1.82, 2.24) is 0 Å². The third-order valence-electron chi connectivity index (χ3n) is 3.89. The van der Waals surface area contributed by atoms with Crippen molar-refractivity contribution < 1.29 is 14.5 Å². The van der Waals surface area contributed by atoms with Gasteiger partial charge in [-0.1, -0.05) is 34.6 Å². The second-order valence-electron chi connectivity index (χ2n) is 7.99. The summed E-state index contributed by atoms with van der Waals surface area (Å²) in [6.07, 6.45) is 4.28. The highest BCUT2D eigenvalue weighted by atomic mass is 17.2. The van der Waals surface area contributed by atoms with Gasteiger partial charge in [0.05, 0.1) is 12.7 Å². The monoisotopic (exact) mass is 272 g/mol. The zero-order valence-corrected chi connectivity index (χ0v) is 13.8. The molecule has 0 amide bonds. The average Bonchev–Trinajstić information content (AvgIpc) is 2.23. The van der Waals surface area contributed by atoms with E-state index in [1.807, 2.05) is 6.92 Å². The van der Waals surface area contributed by atoms with E-state index in [1.165, 1.54) is 0 Å². The van der Waals surface area contributed by atoms with Crippen molar-refractivity contribution in [3.8, 4) is 0 Å². The summed E-state index contributed by atoms with van der Waals surface area (Å²) in [5.41, 5.74) is 0.357. The molecule has 2 atom stereocenters. The van der Waals surface area contributed by atoms with E-state index in [9.17, 15) is 0 Å². The van der Waals surface area contributed by atoms with Crippen LogP contribution in [0.5, 0.6) is 0 Å². The summed E-state index contributed by atoms with van der Waals surface area (Å²) >= 11 is 0. The summed E-state index contributed by atoms with van der Waals surface area (Å²) in [5.74, 6) is -0.565. The minimum absolute atomic E-state index is 0.0362. The van der Waals surface area contributed by atoms with Crippen LogP contribution in [0.15, 0.2) is 0 Å². The molecule has 0 aliphatic carbocycles. The Kier molecular flexibility index (Phi) is 5.44. The molecule has 0 radical (unpaired) electrons. The van der Waals surface area contributed by atoms with Gasteiger partial charge in [0.15, 0.2) is 5.79 Å². The van der Waals surface area contributed by atoms with E-state index >= 15 is 0 Å². The predicted molar refractivity (Wildman–Crippen MR) is 77.7 cm³/mol. The topological polar surface area (TPSA) is 27.7 Å². The van der Waals surface area contributed by atoms with Gasteiger partial charge in [0.25, 0.3) is 0 Å². The number of hydrogen-bond acceptors (Lipinski definition) is 3. The molecule has 3 nitrogen and oxygen atoms in total. The number of hydrogen-bond donors (Lipinski definition) is 0. The van der Waals surface area contributed by atoms with Gasteiger partial charge in [-0.2, -0.15) is 0 Å². The molecular formula is C16H32O3. The van der Waals surface area contributed by atoms with Crippen molar-refractivity contribution in [3.63, 3.8) is 0 Å². The second-order valence-corrected chi connectivity index (χ2v) is 7.99. The fourth-order valence-corrected chi connectivity index (χ4v) is 2.79. The summed E-state index contributed by atoms with van der Waals surface area (Å²) in [6, 6.07) is 0. The molecule has 0 N–H and O–H groups in total. The fourth-order valence-electron chi connectivity index (χ4n) is 2.79. The van der Waals surface area contributed by atoms with Gasteiger partial charge < -0.3 is 4.74 Å². The molecule has 1 aliphatic heterocycles. The summed E-state index contributed by atoms with van der Waals surface area (Å²) in [4.78, 5) is 11.3. The van der Waals surface area contributed by atoms with E-state index in [0.29, 0.717) is 0 Å². The Labute approximate surface area is 118 Å². The molecule has 0 spiro atoms. The predicted octanol–water partition coefficient (Wildman–Crippen LogP) is 4.70. The lowest BCUT2D eigenvalue weighted by molar-refractivity contribution is -0.453. The molecule has 1 fully saturated rings. The molecule has 3 heteroatoms. The lowest BCUT2D eigenvalue weighted by Crippen LogP contribution is -2.40. The Bertz CT molecular complexity index is 272. The SMILES string of the molecule is CC(OOC1(C)CCCCO1)C(C)(C)CC(C)(C)C. The van der Waals surface area contributed by atoms with E-state index in [2.05, 4.69) is 41.5 Å². The smallest absolute Gasteiger partial charge is 0.198 e. The molecule has 0 bridgehead atoms. The number of rotatable bonds is 5. The highest BCUT2D eigenvalue weighted by Gasteiger charge is 2.36. The van der Waals surface area contributed by atoms with E-state index in [4.69, 9.17) is 14.5 Å². The van der Waals surface area contributed by atoms with Gasteiger partial charge in [-0.05, 0) is 43.9 Å². The van der Waals surface area contributed by atoms with Crippen molar-refractivity contribution >= 4 is 0 Å². The van der Waals surface area contributed by atoms with Gasteiger partial charge >= 0.3 is 0 Å². The van der Waals surface area contributed by atoms with E-state index in [0.717, 1.165) is 32.3 Å². The minimum Gasteiger partial charge on any atom is -0.348 e. The molecular weight excluding hydrogens is 240 g/mol. The first-order valence-corrected chi connectivity index (χ1v) is 7.53. The molecule has 114 valence electrons. The Morgan fingerprint density at radius 3 is 2.26 bits per heavy atom. The molecule has 2 unspecified atom stereocenters. The summed E-state index contributed by atoms with van der Waals surface area (Å²) < 4.78 is 5.68. The van der Waals surface area contributed by atoms with Crippen LogP contribution in [-0.2, 0) is 14.5 Å². The van der Waals surface area contributed by atoms with Crippen LogP contribution < -0.4 is 0 Å². The van der Waals surface area contributed by atoms with Crippen molar-refractivity contribution in [2.45, 2.75) is 86.0 Å². The summed E-state index contributed by atoms with van der Waals surface area (Å²) in [6.45, 7) is 16.1. The lowest BCUT2D eigenvalue weighted by Gasteiger charge is -2.39. The molecule has 0 saturated carbocycles. The highest BCUT2D eigenvalue weighted by molar-refractivity contribution is 4.81. The van der Waals surface area contributed by atoms with E-state index < -0.39 is 5.79 Å². The van der Waals surface area contributed by atoms with Crippen molar-refractivity contribution in [2.24, 2.45) is 10.8 Å². The van der Waals surface area contributed by atoms with E-state index in [1.54, 1.807) is 0 Å². The maximum absolute atomic E-state index is 5.68. The summed E-state index contributed by atoms with van der Waals surface area (Å²) in [7, 11) is 0. The van der Waals surface area contributed by atoms with Crippen LogP contribution in [0.25, 0.3) is 0 Å². The molecule has 1 saturated heterocycles. The molecule has 19 heavy (non-hydrogen) atoms. The Balaban J connectivity index is 2.47. The van der Waals surface area contributed by atoms with Crippen LogP contribution in [-0.4, -0.2) is 18.5 Å². The van der Waals surface area contributed by atoms with Crippen LogP contribution in [0.2, 0.25) is 0 Å². The van der Waals surface area contributed by atoms with Gasteiger partial charge in [0, 0.05) is 6.42 Å².